The summed E-state index contributed by atoms with van der Waals surface area (Å²) >= 11 is 0. The largest absolute Gasteiger partial charge is 0.508 e. The summed E-state index contributed by atoms with van der Waals surface area (Å²) in [7, 11) is 0. The van der Waals surface area contributed by atoms with Crippen LogP contribution in [0, 0.1) is 0 Å². The van der Waals surface area contributed by atoms with E-state index in [0.29, 0.717) is 11.8 Å². The van der Waals surface area contributed by atoms with E-state index in [1.807, 2.05) is 12.1 Å². The summed E-state index contributed by atoms with van der Waals surface area (Å²) < 4.78 is 0. The second-order valence-corrected chi connectivity index (χ2v) is 6.05. The minimum absolute atomic E-state index is 0.403. The van der Waals surface area contributed by atoms with Crippen molar-refractivity contribution in [3.05, 3.63) is 29.3 Å². The number of aromatic hydroxyl groups is 1. The lowest BCUT2D eigenvalue weighted by Crippen LogP contribution is -2.26. The van der Waals surface area contributed by atoms with Gasteiger partial charge < -0.3 is 10.4 Å². The van der Waals surface area contributed by atoms with Crippen LogP contribution < -0.4 is 5.32 Å². The molecule has 2 heteroatoms. The first-order chi connectivity index (χ1) is 9.81. The molecule has 0 bridgehead atoms. The predicted octanol–water partition coefficient (Wildman–Crippen LogP) is 4.72. The van der Waals surface area contributed by atoms with E-state index in [9.17, 15) is 5.11 Å². The van der Waals surface area contributed by atoms with Gasteiger partial charge in [-0.05, 0) is 55.5 Å². The summed E-state index contributed by atoms with van der Waals surface area (Å²) in [6, 6.07) is 6.36. The summed E-state index contributed by atoms with van der Waals surface area (Å²) in [6.07, 6.45) is 11.7. The monoisotopic (exact) mass is 275 g/mol. The van der Waals surface area contributed by atoms with Crippen molar-refractivity contribution in [3.8, 4) is 5.75 Å². The smallest absolute Gasteiger partial charge is 0.115 e. The van der Waals surface area contributed by atoms with Crippen LogP contribution in [0.25, 0.3) is 0 Å². The van der Waals surface area contributed by atoms with Gasteiger partial charge in [0.2, 0.25) is 0 Å². The van der Waals surface area contributed by atoms with E-state index in [1.54, 1.807) is 0 Å². The van der Waals surface area contributed by atoms with Crippen LogP contribution in [0.4, 0.5) is 0 Å². The summed E-state index contributed by atoms with van der Waals surface area (Å²) in [6.45, 7) is 3.39. The molecule has 2 N–H and O–H groups in total. The highest BCUT2D eigenvalue weighted by atomic mass is 16.3. The number of benzene rings is 1. The Morgan fingerprint density at radius 3 is 2.80 bits per heavy atom. The highest BCUT2D eigenvalue weighted by Gasteiger charge is 2.19. The van der Waals surface area contributed by atoms with E-state index in [1.165, 1.54) is 62.5 Å². The average molecular weight is 275 g/mol. The molecule has 1 aliphatic rings. The third-order valence-electron chi connectivity index (χ3n) is 4.36. The molecule has 0 aliphatic heterocycles. The average Bonchev–Trinajstić information content (AvgIpc) is 2.46. The lowest BCUT2D eigenvalue weighted by Gasteiger charge is -2.26. The Morgan fingerprint density at radius 1 is 1.15 bits per heavy atom. The Balaban J connectivity index is 1.72. The summed E-state index contributed by atoms with van der Waals surface area (Å²) in [4.78, 5) is 0. The third kappa shape index (κ3) is 4.52. The highest BCUT2D eigenvalue weighted by Crippen LogP contribution is 2.31. The zero-order chi connectivity index (χ0) is 14.2. The van der Waals surface area contributed by atoms with Gasteiger partial charge in [-0.3, -0.25) is 0 Å². The van der Waals surface area contributed by atoms with Crippen LogP contribution in [0.5, 0.6) is 5.75 Å². The molecule has 0 radical (unpaired) electrons. The maximum absolute atomic E-state index is 9.57. The van der Waals surface area contributed by atoms with Crippen LogP contribution in [0.3, 0.4) is 0 Å². The molecule has 0 saturated heterocycles. The van der Waals surface area contributed by atoms with E-state index < -0.39 is 0 Å². The van der Waals surface area contributed by atoms with Gasteiger partial charge >= 0.3 is 0 Å². The standard InChI is InChI=1S/C18H29NO/c1-2-3-4-5-6-7-13-19-18-10-8-9-15-14-16(20)11-12-17(15)18/h11-12,14,18-20H,2-10,13H2,1H3. The summed E-state index contributed by atoms with van der Waals surface area (Å²) in [5, 5.41) is 13.3. The number of rotatable bonds is 8. The fraction of sp³-hybridized carbons (Fsp3) is 0.667. The molecule has 2 rings (SSSR count). The number of hydrogen-bond donors (Lipinski definition) is 2. The molecule has 112 valence electrons. The van der Waals surface area contributed by atoms with E-state index in [-0.39, 0.29) is 0 Å². The van der Waals surface area contributed by atoms with Gasteiger partial charge in [-0.1, -0.05) is 45.1 Å². The number of hydrogen-bond acceptors (Lipinski definition) is 2. The molecule has 0 heterocycles. The van der Waals surface area contributed by atoms with Crippen molar-refractivity contribution in [1.29, 1.82) is 0 Å². The van der Waals surface area contributed by atoms with Crippen molar-refractivity contribution in [2.75, 3.05) is 6.54 Å². The van der Waals surface area contributed by atoms with Crippen molar-refractivity contribution < 1.29 is 5.11 Å². The first-order valence-corrected chi connectivity index (χ1v) is 8.36. The molecule has 0 fully saturated rings. The van der Waals surface area contributed by atoms with Crippen molar-refractivity contribution in [2.45, 2.75) is 70.8 Å². The number of phenolic OH excluding ortho intramolecular Hbond substituents is 1. The maximum atomic E-state index is 9.57. The quantitative estimate of drug-likeness (QED) is 0.673. The molecule has 1 unspecified atom stereocenters. The molecule has 0 amide bonds. The molecule has 1 aliphatic carbocycles. The number of unbranched alkanes of at least 4 members (excludes halogenated alkanes) is 5. The number of aryl methyl sites for hydroxylation is 1. The fourth-order valence-corrected chi connectivity index (χ4v) is 3.19. The van der Waals surface area contributed by atoms with Gasteiger partial charge in [0.15, 0.2) is 0 Å². The Labute approximate surface area is 123 Å². The zero-order valence-electron chi connectivity index (χ0n) is 12.8. The molecule has 1 aromatic carbocycles. The SMILES string of the molecule is CCCCCCCCNC1CCCc2cc(O)ccc21. The minimum Gasteiger partial charge on any atom is -0.508 e. The number of nitrogens with one attached hydrogen (secondary N) is 1. The molecule has 0 spiro atoms. The minimum atomic E-state index is 0.403. The second-order valence-electron chi connectivity index (χ2n) is 6.05. The van der Waals surface area contributed by atoms with E-state index in [2.05, 4.69) is 18.3 Å². The van der Waals surface area contributed by atoms with Gasteiger partial charge in [0.05, 0.1) is 0 Å². The predicted molar refractivity (Wildman–Crippen MR) is 85.2 cm³/mol. The Hall–Kier alpha value is -1.02. The normalized spacial score (nSPS) is 17.9. The van der Waals surface area contributed by atoms with Crippen LogP contribution >= 0.6 is 0 Å². The number of fused-ring (bicyclic) bond motifs is 1. The van der Waals surface area contributed by atoms with E-state index in [4.69, 9.17) is 0 Å². The summed E-state index contributed by atoms with van der Waals surface area (Å²) in [5.41, 5.74) is 2.73. The van der Waals surface area contributed by atoms with Crippen molar-refractivity contribution in [3.63, 3.8) is 0 Å². The van der Waals surface area contributed by atoms with Crippen molar-refractivity contribution in [1.82, 2.24) is 5.32 Å². The van der Waals surface area contributed by atoms with Gasteiger partial charge in [0.1, 0.15) is 5.75 Å². The maximum Gasteiger partial charge on any atom is 0.115 e. The molecule has 2 nitrogen and oxygen atoms in total. The molecular weight excluding hydrogens is 246 g/mol. The van der Waals surface area contributed by atoms with Crippen LogP contribution in [-0.4, -0.2) is 11.7 Å². The highest BCUT2D eigenvalue weighted by molar-refractivity contribution is 5.38. The van der Waals surface area contributed by atoms with E-state index >= 15 is 0 Å². The topological polar surface area (TPSA) is 32.3 Å². The van der Waals surface area contributed by atoms with Gasteiger partial charge in [-0.25, -0.2) is 0 Å². The van der Waals surface area contributed by atoms with Gasteiger partial charge in [-0.2, -0.15) is 0 Å². The van der Waals surface area contributed by atoms with Gasteiger partial charge in [-0.15, -0.1) is 0 Å². The molecule has 1 aromatic rings. The Bertz CT molecular complexity index is 402. The Kier molecular flexibility index (Phi) is 6.38. The third-order valence-corrected chi connectivity index (χ3v) is 4.36. The molecule has 20 heavy (non-hydrogen) atoms. The Morgan fingerprint density at radius 2 is 1.95 bits per heavy atom. The first kappa shape index (κ1) is 15.4. The molecule has 0 saturated carbocycles. The zero-order valence-corrected chi connectivity index (χ0v) is 12.8. The van der Waals surface area contributed by atoms with Crippen LogP contribution in [-0.2, 0) is 6.42 Å². The second kappa shape index (κ2) is 8.31. The van der Waals surface area contributed by atoms with Crippen molar-refractivity contribution in [2.24, 2.45) is 0 Å². The summed E-state index contributed by atoms with van der Waals surface area (Å²) in [5.74, 6) is 0.403. The van der Waals surface area contributed by atoms with Crippen molar-refractivity contribution >= 4 is 0 Å². The molecule has 0 aromatic heterocycles. The van der Waals surface area contributed by atoms with E-state index in [0.717, 1.165) is 13.0 Å². The molecule has 1 atom stereocenters. The van der Waals surface area contributed by atoms with Gasteiger partial charge in [0, 0.05) is 6.04 Å². The first-order valence-electron chi connectivity index (χ1n) is 8.36. The van der Waals surface area contributed by atoms with Crippen LogP contribution in [0.15, 0.2) is 18.2 Å². The lowest BCUT2D eigenvalue weighted by molar-refractivity contribution is 0.442. The van der Waals surface area contributed by atoms with Gasteiger partial charge in [0.25, 0.3) is 0 Å². The fourth-order valence-electron chi connectivity index (χ4n) is 3.19. The molecular formula is C18H29NO. The van der Waals surface area contributed by atoms with Crippen LogP contribution in [0.1, 0.15) is 75.5 Å². The van der Waals surface area contributed by atoms with Crippen LogP contribution in [0.2, 0.25) is 0 Å². The lowest BCUT2D eigenvalue weighted by atomic mass is 9.87. The number of phenols is 1.